The van der Waals surface area contributed by atoms with Crippen LogP contribution in [0.3, 0.4) is 0 Å². The van der Waals surface area contributed by atoms with Crippen LogP contribution < -0.4 is 14.8 Å². The number of hydrogen-bond acceptors (Lipinski definition) is 4. The average molecular weight is 333 g/mol. The van der Waals surface area contributed by atoms with Crippen LogP contribution in [0, 0.1) is 12.7 Å². The molecule has 2 aromatic rings. The van der Waals surface area contributed by atoms with Crippen molar-refractivity contribution >= 4 is 0 Å². The summed E-state index contributed by atoms with van der Waals surface area (Å²) >= 11 is 0. The molecule has 0 bridgehead atoms. The lowest BCUT2D eigenvalue weighted by Gasteiger charge is -2.17. The Hall–Kier alpha value is -2.11. The zero-order chi connectivity index (χ0) is 17.5. The summed E-state index contributed by atoms with van der Waals surface area (Å²) in [6, 6.07) is 10.9. The first-order valence-electron chi connectivity index (χ1n) is 7.95. The van der Waals surface area contributed by atoms with E-state index in [1.807, 2.05) is 24.3 Å². The third kappa shape index (κ3) is 4.69. The second kappa shape index (κ2) is 8.66. The second-order valence-corrected chi connectivity index (χ2v) is 5.67. The second-order valence-electron chi connectivity index (χ2n) is 5.67. The maximum atomic E-state index is 13.3. The first-order valence-corrected chi connectivity index (χ1v) is 7.95. The fraction of sp³-hybridized carbons (Fsp3) is 0.368. The summed E-state index contributed by atoms with van der Waals surface area (Å²) in [6.07, 6.45) is 0. The van der Waals surface area contributed by atoms with Crippen LogP contribution >= 0.6 is 0 Å². The first kappa shape index (κ1) is 18.2. The largest absolute Gasteiger partial charge is 0.493 e. The van der Waals surface area contributed by atoms with E-state index in [-0.39, 0.29) is 25.1 Å². The van der Waals surface area contributed by atoms with Crippen LogP contribution in [0.1, 0.15) is 29.7 Å². The number of methoxy groups -OCH3 is 1. The number of halogens is 1. The summed E-state index contributed by atoms with van der Waals surface area (Å²) in [5.74, 6) is 1.05. The molecule has 1 unspecified atom stereocenters. The van der Waals surface area contributed by atoms with E-state index in [1.54, 1.807) is 20.1 Å². The van der Waals surface area contributed by atoms with Crippen molar-refractivity contribution in [3.05, 3.63) is 58.9 Å². The number of aliphatic hydroxyl groups excluding tert-OH is 1. The van der Waals surface area contributed by atoms with E-state index in [4.69, 9.17) is 14.6 Å². The van der Waals surface area contributed by atoms with Crippen molar-refractivity contribution in [1.82, 2.24) is 5.32 Å². The molecule has 5 heteroatoms. The van der Waals surface area contributed by atoms with E-state index in [2.05, 4.69) is 12.2 Å². The highest BCUT2D eigenvalue weighted by atomic mass is 19.1. The SMILES string of the molecule is COc1cc(C(C)NCc2ccc(F)c(C)c2)ccc1OCCO. The van der Waals surface area contributed by atoms with Crippen LogP contribution in [0.2, 0.25) is 0 Å². The molecule has 4 nitrogen and oxygen atoms in total. The Morgan fingerprint density at radius 3 is 2.62 bits per heavy atom. The molecule has 0 radical (unpaired) electrons. The zero-order valence-corrected chi connectivity index (χ0v) is 14.3. The van der Waals surface area contributed by atoms with Gasteiger partial charge >= 0.3 is 0 Å². The van der Waals surface area contributed by atoms with Crippen molar-refractivity contribution in [2.24, 2.45) is 0 Å². The molecule has 2 rings (SSSR count). The summed E-state index contributed by atoms with van der Waals surface area (Å²) in [5, 5.41) is 12.3. The van der Waals surface area contributed by atoms with Gasteiger partial charge in [-0.1, -0.05) is 18.2 Å². The fourth-order valence-corrected chi connectivity index (χ4v) is 2.43. The fourth-order valence-electron chi connectivity index (χ4n) is 2.43. The molecular formula is C19H24FNO3. The van der Waals surface area contributed by atoms with Gasteiger partial charge in [0.25, 0.3) is 0 Å². The van der Waals surface area contributed by atoms with Crippen LogP contribution in [0.5, 0.6) is 11.5 Å². The smallest absolute Gasteiger partial charge is 0.161 e. The summed E-state index contributed by atoms with van der Waals surface area (Å²) in [4.78, 5) is 0. The van der Waals surface area contributed by atoms with Crippen LogP contribution in [-0.4, -0.2) is 25.4 Å². The Balaban J connectivity index is 2.03. The van der Waals surface area contributed by atoms with E-state index >= 15 is 0 Å². The number of hydrogen-bond donors (Lipinski definition) is 2. The van der Waals surface area contributed by atoms with Crippen molar-refractivity contribution in [3.8, 4) is 11.5 Å². The predicted molar refractivity (Wildman–Crippen MR) is 92.0 cm³/mol. The number of aliphatic hydroxyl groups is 1. The standard InChI is InChI=1S/C19H24FNO3/c1-13-10-15(4-6-17(13)20)12-21-14(2)16-5-7-18(24-9-8-22)19(11-16)23-3/h4-7,10-11,14,21-22H,8-9,12H2,1-3H3. The van der Waals surface area contributed by atoms with Gasteiger partial charge < -0.3 is 19.9 Å². The number of rotatable bonds is 8. The van der Waals surface area contributed by atoms with Gasteiger partial charge in [-0.15, -0.1) is 0 Å². The zero-order valence-electron chi connectivity index (χ0n) is 14.3. The van der Waals surface area contributed by atoms with Crippen molar-refractivity contribution in [1.29, 1.82) is 0 Å². The Labute approximate surface area is 142 Å². The average Bonchev–Trinajstić information content (AvgIpc) is 2.60. The summed E-state index contributed by atoms with van der Waals surface area (Å²) < 4.78 is 24.1. The number of nitrogens with one attached hydrogen (secondary N) is 1. The van der Waals surface area contributed by atoms with E-state index in [1.165, 1.54) is 6.07 Å². The quantitative estimate of drug-likeness (QED) is 0.778. The van der Waals surface area contributed by atoms with E-state index in [0.29, 0.717) is 23.6 Å². The normalized spacial score (nSPS) is 12.0. The van der Waals surface area contributed by atoms with Gasteiger partial charge in [0.1, 0.15) is 12.4 Å². The van der Waals surface area contributed by atoms with E-state index in [9.17, 15) is 4.39 Å². The summed E-state index contributed by atoms with van der Waals surface area (Å²) in [7, 11) is 1.59. The molecule has 2 aromatic carbocycles. The molecule has 0 aromatic heterocycles. The molecule has 0 saturated carbocycles. The van der Waals surface area contributed by atoms with Crippen molar-refractivity contribution in [2.75, 3.05) is 20.3 Å². The molecule has 0 saturated heterocycles. The molecule has 0 amide bonds. The Bertz CT molecular complexity index is 676. The summed E-state index contributed by atoms with van der Waals surface area (Å²) in [5.41, 5.74) is 2.74. The molecule has 0 aliphatic rings. The number of benzene rings is 2. The molecule has 0 fully saturated rings. The molecule has 0 spiro atoms. The predicted octanol–water partition coefficient (Wildman–Crippen LogP) is 3.36. The molecule has 1 atom stereocenters. The Kier molecular flexibility index (Phi) is 6.58. The van der Waals surface area contributed by atoms with Gasteiger partial charge in [-0.2, -0.15) is 0 Å². The van der Waals surface area contributed by atoms with Gasteiger partial charge in [0.2, 0.25) is 0 Å². The van der Waals surface area contributed by atoms with Gasteiger partial charge in [-0.25, -0.2) is 4.39 Å². The molecule has 130 valence electrons. The summed E-state index contributed by atoms with van der Waals surface area (Å²) in [6.45, 7) is 4.65. The molecule has 0 aliphatic heterocycles. The third-order valence-electron chi connectivity index (χ3n) is 3.87. The highest BCUT2D eigenvalue weighted by molar-refractivity contribution is 5.43. The minimum absolute atomic E-state index is 0.0417. The Morgan fingerprint density at radius 2 is 1.96 bits per heavy atom. The van der Waals surface area contributed by atoms with Gasteiger partial charge in [0.15, 0.2) is 11.5 Å². The minimum atomic E-state index is -0.185. The molecule has 2 N–H and O–H groups in total. The molecule has 0 heterocycles. The van der Waals surface area contributed by atoms with Crippen molar-refractivity contribution < 1.29 is 19.0 Å². The van der Waals surface area contributed by atoms with Gasteiger partial charge in [0.05, 0.1) is 13.7 Å². The molecular weight excluding hydrogens is 309 g/mol. The number of ether oxygens (including phenoxy) is 2. The van der Waals surface area contributed by atoms with E-state index < -0.39 is 0 Å². The molecule has 24 heavy (non-hydrogen) atoms. The van der Waals surface area contributed by atoms with Crippen molar-refractivity contribution in [3.63, 3.8) is 0 Å². The van der Waals surface area contributed by atoms with Gasteiger partial charge in [0, 0.05) is 12.6 Å². The van der Waals surface area contributed by atoms with Crippen LogP contribution in [-0.2, 0) is 6.54 Å². The maximum absolute atomic E-state index is 13.3. The minimum Gasteiger partial charge on any atom is -0.493 e. The first-order chi connectivity index (χ1) is 11.5. The third-order valence-corrected chi connectivity index (χ3v) is 3.87. The van der Waals surface area contributed by atoms with Crippen molar-refractivity contribution in [2.45, 2.75) is 26.4 Å². The van der Waals surface area contributed by atoms with Crippen LogP contribution in [0.4, 0.5) is 4.39 Å². The lowest BCUT2D eigenvalue weighted by atomic mass is 10.1. The number of aryl methyl sites for hydroxylation is 1. The van der Waals surface area contributed by atoms with Gasteiger partial charge in [-0.05, 0) is 48.7 Å². The topological polar surface area (TPSA) is 50.7 Å². The Morgan fingerprint density at radius 1 is 1.17 bits per heavy atom. The van der Waals surface area contributed by atoms with Crippen LogP contribution in [0.15, 0.2) is 36.4 Å². The monoisotopic (exact) mass is 333 g/mol. The van der Waals surface area contributed by atoms with Crippen LogP contribution in [0.25, 0.3) is 0 Å². The lowest BCUT2D eigenvalue weighted by Crippen LogP contribution is -2.18. The maximum Gasteiger partial charge on any atom is 0.161 e. The van der Waals surface area contributed by atoms with E-state index in [0.717, 1.165) is 11.1 Å². The highest BCUT2D eigenvalue weighted by Gasteiger charge is 2.11. The molecule has 0 aliphatic carbocycles. The van der Waals surface area contributed by atoms with Gasteiger partial charge in [-0.3, -0.25) is 0 Å². The highest BCUT2D eigenvalue weighted by Crippen LogP contribution is 2.30. The lowest BCUT2D eigenvalue weighted by molar-refractivity contribution is 0.196.